The lowest BCUT2D eigenvalue weighted by Crippen LogP contribution is -2.25. The number of rotatable bonds is 6. The minimum absolute atomic E-state index is 0.475. The molecule has 0 bridgehead atoms. The molecule has 1 aliphatic heterocycles. The number of nitrogens with one attached hydrogen (secondary N) is 1. The quantitative estimate of drug-likeness (QED) is 0.871. The van der Waals surface area contributed by atoms with Gasteiger partial charge in [-0.15, -0.1) is 11.3 Å². The maximum absolute atomic E-state index is 5.51. The zero-order chi connectivity index (χ0) is 14.4. The Hall–Kier alpha value is -0.690. The maximum Gasteiger partial charge on any atom is 0.185 e. The van der Waals surface area contributed by atoms with Gasteiger partial charge >= 0.3 is 0 Å². The molecule has 1 saturated heterocycles. The second-order valence-corrected chi connectivity index (χ2v) is 6.35. The number of thiazole rings is 1. The molecular formula is C14H25N3O2S. The van der Waals surface area contributed by atoms with Gasteiger partial charge in [-0.3, -0.25) is 0 Å². The Bertz CT molecular complexity index is 401. The van der Waals surface area contributed by atoms with Gasteiger partial charge in [0, 0.05) is 44.3 Å². The Morgan fingerprint density at radius 2 is 2.25 bits per heavy atom. The van der Waals surface area contributed by atoms with Gasteiger partial charge in [0.25, 0.3) is 0 Å². The van der Waals surface area contributed by atoms with Crippen molar-refractivity contribution in [2.45, 2.75) is 39.5 Å². The molecule has 0 amide bonds. The van der Waals surface area contributed by atoms with Gasteiger partial charge in [-0.2, -0.15) is 0 Å². The molecule has 2 rings (SSSR count). The van der Waals surface area contributed by atoms with Crippen molar-refractivity contribution in [2.24, 2.45) is 0 Å². The van der Waals surface area contributed by atoms with Crippen LogP contribution in [0.4, 0.5) is 5.13 Å². The van der Waals surface area contributed by atoms with Crippen LogP contribution in [0.25, 0.3) is 0 Å². The van der Waals surface area contributed by atoms with Gasteiger partial charge in [0.05, 0.1) is 18.9 Å². The Morgan fingerprint density at radius 1 is 1.40 bits per heavy atom. The van der Waals surface area contributed by atoms with Gasteiger partial charge in [0.15, 0.2) is 5.13 Å². The van der Waals surface area contributed by atoms with Crippen LogP contribution in [0.3, 0.4) is 0 Å². The van der Waals surface area contributed by atoms with Crippen LogP contribution < -0.4 is 10.2 Å². The van der Waals surface area contributed by atoms with Crippen LogP contribution in [-0.2, 0) is 22.6 Å². The highest BCUT2D eigenvalue weighted by molar-refractivity contribution is 7.15. The molecule has 0 atom stereocenters. The molecule has 0 unspecified atom stereocenters. The lowest BCUT2D eigenvalue weighted by molar-refractivity contribution is 0.152. The van der Waals surface area contributed by atoms with Crippen molar-refractivity contribution in [3.05, 3.63) is 10.6 Å². The summed E-state index contributed by atoms with van der Waals surface area (Å²) in [6.07, 6.45) is 1.07. The molecule has 6 heteroatoms. The van der Waals surface area contributed by atoms with Gasteiger partial charge < -0.3 is 19.7 Å². The van der Waals surface area contributed by atoms with E-state index in [2.05, 4.69) is 24.1 Å². The molecule has 1 fully saturated rings. The SMILES string of the molecule is COCc1nc(N2CCCOCC2)sc1CNC(C)C. The number of anilines is 1. The maximum atomic E-state index is 5.51. The van der Waals surface area contributed by atoms with E-state index in [9.17, 15) is 0 Å². The number of hydrogen-bond acceptors (Lipinski definition) is 6. The Morgan fingerprint density at radius 3 is 3.00 bits per heavy atom. The number of methoxy groups -OCH3 is 1. The predicted octanol–water partition coefficient (Wildman–Crippen LogP) is 2.01. The zero-order valence-corrected chi connectivity index (χ0v) is 13.5. The average Bonchev–Trinajstić information content (AvgIpc) is 2.64. The van der Waals surface area contributed by atoms with Gasteiger partial charge in [-0.05, 0) is 6.42 Å². The molecule has 1 N–H and O–H groups in total. The second kappa shape index (κ2) is 7.93. The standard InChI is InChI=1S/C14H25N3O2S/c1-11(2)15-9-13-12(10-18-3)16-14(20-13)17-5-4-7-19-8-6-17/h11,15H,4-10H2,1-3H3. The molecule has 1 aromatic rings. The Balaban J connectivity index is 2.09. The summed E-state index contributed by atoms with van der Waals surface area (Å²) in [6.45, 7) is 9.35. The summed E-state index contributed by atoms with van der Waals surface area (Å²) in [5.41, 5.74) is 1.06. The van der Waals surface area contributed by atoms with Gasteiger partial charge in [-0.1, -0.05) is 13.8 Å². The van der Waals surface area contributed by atoms with Crippen LogP contribution in [0.5, 0.6) is 0 Å². The molecule has 0 aromatic carbocycles. The van der Waals surface area contributed by atoms with Crippen LogP contribution in [0, 0.1) is 0 Å². The molecule has 0 radical (unpaired) electrons. The second-order valence-electron chi connectivity index (χ2n) is 5.29. The lowest BCUT2D eigenvalue weighted by atomic mass is 10.3. The first-order valence-electron chi connectivity index (χ1n) is 7.24. The fourth-order valence-electron chi connectivity index (χ4n) is 2.13. The topological polar surface area (TPSA) is 46.6 Å². The van der Waals surface area contributed by atoms with Crippen molar-refractivity contribution < 1.29 is 9.47 Å². The van der Waals surface area contributed by atoms with Crippen molar-refractivity contribution in [2.75, 3.05) is 38.3 Å². The van der Waals surface area contributed by atoms with Crippen molar-refractivity contribution in [3.8, 4) is 0 Å². The van der Waals surface area contributed by atoms with Crippen LogP contribution in [0.15, 0.2) is 0 Å². The summed E-state index contributed by atoms with van der Waals surface area (Å²) in [5.74, 6) is 0. The number of aromatic nitrogens is 1. The molecular weight excluding hydrogens is 274 g/mol. The molecule has 0 spiro atoms. The Labute approximate surface area is 125 Å². The minimum atomic E-state index is 0.475. The number of nitrogens with zero attached hydrogens (tertiary/aromatic N) is 2. The van der Waals surface area contributed by atoms with Crippen molar-refractivity contribution in [1.82, 2.24) is 10.3 Å². The van der Waals surface area contributed by atoms with Crippen LogP contribution >= 0.6 is 11.3 Å². The predicted molar refractivity (Wildman–Crippen MR) is 82.5 cm³/mol. The molecule has 20 heavy (non-hydrogen) atoms. The lowest BCUT2D eigenvalue weighted by Gasteiger charge is -2.17. The van der Waals surface area contributed by atoms with E-state index >= 15 is 0 Å². The highest BCUT2D eigenvalue weighted by atomic mass is 32.1. The van der Waals surface area contributed by atoms with E-state index in [1.807, 2.05) is 0 Å². The van der Waals surface area contributed by atoms with Crippen molar-refractivity contribution in [1.29, 1.82) is 0 Å². The highest BCUT2D eigenvalue weighted by Gasteiger charge is 2.17. The van der Waals surface area contributed by atoms with Crippen LogP contribution in [0.2, 0.25) is 0 Å². The number of ether oxygens (including phenoxy) is 2. The first-order valence-corrected chi connectivity index (χ1v) is 8.06. The van der Waals surface area contributed by atoms with E-state index in [1.54, 1.807) is 18.4 Å². The monoisotopic (exact) mass is 299 g/mol. The smallest absolute Gasteiger partial charge is 0.185 e. The van der Waals surface area contributed by atoms with E-state index in [-0.39, 0.29) is 0 Å². The fourth-order valence-corrected chi connectivity index (χ4v) is 3.19. The molecule has 1 aliphatic rings. The third-order valence-electron chi connectivity index (χ3n) is 3.21. The summed E-state index contributed by atoms with van der Waals surface area (Å²) in [6, 6.07) is 0.475. The fraction of sp³-hybridized carbons (Fsp3) is 0.786. The normalized spacial score (nSPS) is 16.7. The van der Waals surface area contributed by atoms with E-state index in [0.29, 0.717) is 12.6 Å². The molecule has 1 aromatic heterocycles. The summed E-state index contributed by atoms with van der Waals surface area (Å²) >= 11 is 1.77. The van der Waals surface area contributed by atoms with Crippen LogP contribution in [-0.4, -0.2) is 44.4 Å². The molecule has 0 saturated carbocycles. The molecule has 114 valence electrons. The first kappa shape index (κ1) is 15.7. The minimum Gasteiger partial charge on any atom is -0.380 e. The molecule has 5 nitrogen and oxygen atoms in total. The van der Waals surface area contributed by atoms with Gasteiger partial charge in [0.1, 0.15) is 0 Å². The van der Waals surface area contributed by atoms with E-state index in [0.717, 1.165) is 50.1 Å². The highest BCUT2D eigenvalue weighted by Crippen LogP contribution is 2.27. The van der Waals surface area contributed by atoms with Crippen molar-refractivity contribution in [3.63, 3.8) is 0 Å². The average molecular weight is 299 g/mol. The summed E-state index contributed by atoms with van der Waals surface area (Å²) in [7, 11) is 1.72. The largest absolute Gasteiger partial charge is 0.380 e. The third-order valence-corrected chi connectivity index (χ3v) is 4.37. The zero-order valence-electron chi connectivity index (χ0n) is 12.6. The van der Waals surface area contributed by atoms with Gasteiger partial charge in [0.2, 0.25) is 0 Å². The first-order chi connectivity index (χ1) is 9.70. The molecule has 0 aliphatic carbocycles. The van der Waals surface area contributed by atoms with E-state index in [4.69, 9.17) is 14.5 Å². The summed E-state index contributed by atoms with van der Waals surface area (Å²) in [4.78, 5) is 8.37. The molecule has 2 heterocycles. The van der Waals surface area contributed by atoms with Gasteiger partial charge in [-0.25, -0.2) is 4.98 Å². The number of hydrogen-bond donors (Lipinski definition) is 1. The summed E-state index contributed by atoms with van der Waals surface area (Å²) < 4.78 is 10.8. The van der Waals surface area contributed by atoms with Crippen LogP contribution in [0.1, 0.15) is 30.8 Å². The summed E-state index contributed by atoms with van der Waals surface area (Å²) in [5, 5.41) is 4.56. The van der Waals surface area contributed by atoms with Crippen molar-refractivity contribution >= 4 is 16.5 Å². The third kappa shape index (κ3) is 4.41. The van der Waals surface area contributed by atoms with E-state index < -0.39 is 0 Å². The Kier molecular flexibility index (Phi) is 6.22. The van der Waals surface area contributed by atoms with E-state index in [1.165, 1.54) is 4.88 Å².